The van der Waals surface area contributed by atoms with Crippen molar-refractivity contribution in [3.8, 4) is 0 Å². The Balaban J connectivity index is 1.51. The fourth-order valence-corrected chi connectivity index (χ4v) is 3.08. The monoisotopic (exact) mass is 295 g/mol. The molecule has 106 valence electrons. The number of rotatable bonds is 6. The van der Waals surface area contributed by atoms with E-state index in [4.69, 9.17) is 0 Å². The van der Waals surface area contributed by atoms with Crippen molar-refractivity contribution in [1.82, 2.24) is 4.98 Å². The minimum absolute atomic E-state index is 0.170. The lowest BCUT2D eigenvalue weighted by atomic mass is 10.0. The highest BCUT2D eigenvalue weighted by Crippen LogP contribution is 2.17. The number of thiazole rings is 1. The molecule has 0 spiro atoms. The Bertz CT molecular complexity index is 734. The maximum absolute atomic E-state index is 11.8. The summed E-state index contributed by atoms with van der Waals surface area (Å²) in [7, 11) is 0. The Labute approximate surface area is 128 Å². The van der Waals surface area contributed by atoms with Crippen LogP contribution in [0.2, 0.25) is 0 Å². The molecule has 3 rings (SSSR count). The van der Waals surface area contributed by atoms with Crippen molar-refractivity contribution < 1.29 is 4.79 Å². The second-order valence-electron chi connectivity index (χ2n) is 5.15. The molecule has 0 amide bonds. The van der Waals surface area contributed by atoms with Crippen LogP contribution in [-0.4, -0.2) is 10.8 Å². The lowest BCUT2D eigenvalue weighted by Gasteiger charge is -2.03. The number of unbranched alkanes of at least 4 members (excludes halogenated alkanes) is 1. The Hall–Kier alpha value is -2.00. The van der Waals surface area contributed by atoms with Crippen molar-refractivity contribution in [2.45, 2.75) is 25.7 Å². The van der Waals surface area contributed by atoms with Gasteiger partial charge in [0.05, 0.1) is 0 Å². The molecule has 0 aliphatic heterocycles. The molecule has 0 atom stereocenters. The van der Waals surface area contributed by atoms with E-state index < -0.39 is 0 Å². The number of hydrogen-bond acceptors (Lipinski definition) is 3. The smallest absolute Gasteiger partial charge is 0.191 e. The van der Waals surface area contributed by atoms with E-state index in [-0.39, 0.29) is 5.78 Å². The fourth-order valence-electron chi connectivity index (χ4n) is 2.48. The van der Waals surface area contributed by atoms with E-state index in [9.17, 15) is 4.79 Å². The van der Waals surface area contributed by atoms with Crippen LogP contribution in [-0.2, 0) is 6.42 Å². The first-order valence-corrected chi connectivity index (χ1v) is 8.11. The number of aromatic nitrogens is 1. The van der Waals surface area contributed by atoms with Crippen molar-refractivity contribution >= 4 is 27.9 Å². The van der Waals surface area contributed by atoms with Gasteiger partial charge in [-0.3, -0.25) is 4.79 Å². The van der Waals surface area contributed by atoms with Gasteiger partial charge in [-0.1, -0.05) is 42.5 Å². The highest BCUT2D eigenvalue weighted by Gasteiger charge is 2.07. The molecule has 1 heterocycles. The summed E-state index contributed by atoms with van der Waals surface area (Å²) >= 11 is 1.43. The highest BCUT2D eigenvalue weighted by atomic mass is 32.1. The Morgan fingerprint density at radius 3 is 2.71 bits per heavy atom. The summed E-state index contributed by atoms with van der Waals surface area (Å²) < 4.78 is 0. The molecule has 0 saturated heterocycles. The summed E-state index contributed by atoms with van der Waals surface area (Å²) in [6.45, 7) is 0. The molecule has 0 unspecified atom stereocenters. The average molecular weight is 295 g/mol. The van der Waals surface area contributed by atoms with E-state index >= 15 is 0 Å². The van der Waals surface area contributed by atoms with Crippen molar-refractivity contribution in [3.63, 3.8) is 0 Å². The van der Waals surface area contributed by atoms with Crippen LogP contribution in [0.1, 0.15) is 34.6 Å². The summed E-state index contributed by atoms with van der Waals surface area (Å²) in [6, 6.07) is 15.0. The summed E-state index contributed by atoms with van der Waals surface area (Å²) in [5.41, 5.74) is 1.34. The van der Waals surface area contributed by atoms with Gasteiger partial charge in [-0.25, -0.2) is 4.98 Å². The van der Waals surface area contributed by atoms with E-state index in [1.54, 1.807) is 6.20 Å². The van der Waals surface area contributed by atoms with Crippen molar-refractivity contribution in [2.24, 2.45) is 0 Å². The van der Waals surface area contributed by atoms with Gasteiger partial charge in [0, 0.05) is 18.0 Å². The van der Waals surface area contributed by atoms with Gasteiger partial charge in [-0.05, 0) is 35.6 Å². The Morgan fingerprint density at radius 1 is 1.05 bits per heavy atom. The molecule has 2 aromatic carbocycles. The third kappa shape index (κ3) is 3.56. The van der Waals surface area contributed by atoms with E-state index in [1.165, 1.54) is 27.7 Å². The Kier molecular flexibility index (Phi) is 4.41. The van der Waals surface area contributed by atoms with Crippen LogP contribution in [0.5, 0.6) is 0 Å². The Morgan fingerprint density at radius 2 is 1.90 bits per heavy atom. The number of carbonyl (C=O) groups excluding carboxylic acids is 1. The molecular weight excluding hydrogens is 278 g/mol. The predicted molar refractivity (Wildman–Crippen MR) is 87.9 cm³/mol. The first-order chi connectivity index (χ1) is 10.3. The minimum atomic E-state index is 0.170. The third-order valence-corrected chi connectivity index (χ3v) is 4.42. The number of carbonyl (C=O) groups is 1. The SMILES string of the molecule is O=C(CCCCc1ccc2ccccc2c1)c1nccs1. The van der Waals surface area contributed by atoms with Crippen LogP contribution >= 0.6 is 11.3 Å². The maximum atomic E-state index is 11.8. The zero-order valence-corrected chi connectivity index (χ0v) is 12.6. The number of ketones is 1. The molecule has 21 heavy (non-hydrogen) atoms. The minimum Gasteiger partial charge on any atom is -0.292 e. The zero-order valence-electron chi connectivity index (χ0n) is 11.8. The van der Waals surface area contributed by atoms with Crippen molar-refractivity contribution in [3.05, 3.63) is 64.6 Å². The molecular formula is C18H17NOS. The lowest BCUT2D eigenvalue weighted by molar-refractivity contribution is 0.0979. The second kappa shape index (κ2) is 6.64. The molecule has 0 fully saturated rings. The number of hydrogen-bond donors (Lipinski definition) is 0. The molecule has 3 heteroatoms. The standard InChI is InChI=1S/C18H17NOS/c20-17(18-19-11-12-21-18)8-4-1-5-14-9-10-15-6-2-3-7-16(15)13-14/h2-3,6-7,9-13H,1,4-5,8H2. The lowest BCUT2D eigenvalue weighted by Crippen LogP contribution is -1.98. The van der Waals surface area contributed by atoms with Gasteiger partial charge in [0.15, 0.2) is 10.8 Å². The normalized spacial score (nSPS) is 10.9. The highest BCUT2D eigenvalue weighted by molar-refractivity contribution is 7.11. The molecule has 0 radical (unpaired) electrons. The van der Waals surface area contributed by atoms with Gasteiger partial charge < -0.3 is 0 Å². The summed E-state index contributed by atoms with van der Waals surface area (Å²) in [4.78, 5) is 15.9. The summed E-state index contributed by atoms with van der Waals surface area (Å²) in [5, 5.41) is 5.05. The van der Waals surface area contributed by atoms with E-state index in [0.29, 0.717) is 11.4 Å². The van der Waals surface area contributed by atoms with Crippen LogP contribution in [0.15, 0.2) is 54.0 Å². The van der Waals surface area contributed by atoms with Gasteiger partial charge in [0.25, 0.3) is 0 Å². The first kappa shape index (κ1) is 14.0. The molecule has 0 bridgehead atoms. The van der Waals surface area contributed by atoms with Gasteiger partial charge in [0.2, 0.25) is 0 Å². The molecule has 0 aliphatic carbocycles. The number of Topliss-reactive ketones (excluding diaryl/α,β-unsaturated/α-hetero) is 1. The quantitative estimate of drug-likeness (QED) is 0.478. The van der Waals surface area contributed by atoms with Crippen LogP contribution in [0.4, 0.5) is 0 Å². The van der Waals surface area contributed by atoms with Gasteiger partial charge in [-0.2, -0.15) is 0 Å². The van der Waals surface area contributed by atoms with Gasteiger partial charge >= 0.3 is 0 Å². The maximum Gasteiger partial charge on any atom is 0.191 e. The molecule has 1 aromatic heterocycles. The number of aryl methyl sites for hydroxylation is 1. The van der Waals surface area contributed by atoms with Crippen LogP contribution < -0.4 is 0 Å². The van der Waals surface area contributed by atoms with Crippen LogP contribution in [0, 0.1) is 0 Å². The molecule has 0 N–H and O–H groups in total. The number of nitrogens with zero attached hydrogens (tertiary/aromatic N) is 1. The van der Waals surface area contributed by atoms with Crippen molar-refractivity contribution in [2.75, 3.05) is 0 Å². The topological polar surface area (TPSA) is 30.0 Å². The molecule has 0 saturated carbocycles. The summed E-state index contributed by atoms with van der Waals surface area (Å²) in [5.74, 6) is 0.170. The average Bonchev–Trinajstić information content (AvgIpc) is 3.06. The first-order valence-electron chi connectivity index (χ1n) is 7.23. The third-order valence-electron chi connectivity index (χ3n) is 3.60. The van der Waals surface area contributed by atoms with Crippen molar-refractivity contribution in [1.29, 1.82) is 0 Å². The molecule has 2 nitrogen and oxygen atoms in total. The van der Waals surface area contributed by atoms with Crippen LogP contribution in [0.3, 0.4) is 0 Å². The molecule has 0 aliphatic rings. The zero-order chi connectivity index (χ0) is 14.5. The second-order valence-corrected chi connectivity index (χ2v) is 6.04. The van der Waals surface area contributed by atoms with Gasteiger partial charge in [0.1, 0.15) is 0 Å². The van der Waals surface area contributed by atoms with Gasteiger partial charge in [-0.15, -0.1) is 11.3 Å². The largest absolute Gasteiger partial charge is 0.292 e. The number of fused-ring (bicyclic) bond motifs is 1. The van der Waals surface area contributed by atoms with E-state index in [0.717, 1.165) is 19.3 Å². The van der Waals surface area contributed by atoms with Crippen LogP contribution in [0.25, 0.3) is 10.8 Å². The number of benzene rings is 2. The van der Waals surface area contributed by atoms with E-state index in [1.807, 2.05) is 5.38 Å². The summed E-state index contributed by atoms with van der Waals surface area (Å²) in [6.07, 6.45) is 5.27. The fraction of sp³-hybridized carbons (Fsp3) is 0.222. The predicted octanol–water partition coefficient (Wildman–Crippen LogP) is 4.89. The molecule has 3 aromatic rings. The van der Waals surface area contributed by atoms with E-state index in [2.05, 4.69) is 47.4 Å².